The SMILES string of the molecule is CCCCOc1ccc(C(=O)NNC(=O)[C@@H](NC(C)=O)C(C)C)cc1OC. The fourth-order valence-electron chi connectivity index (χ4n) is 2.28. The van der Waals surface area contributed by atoms with Crippen molar-refractivity contribution in [1.82, 2.24) is 16.2 Å². The molecule has 8 heteroatoms. The monoisotopic (exact) mass is 379 g/mol. The highest BCUT2D eigenvalue weighted by atomic mass is 16.5. The number of hydrazine groups is 1. The van der Waals surface area contributed by atoms with Gasteiger partial charge in [-0.1, -0.05) is 27.2 Å². The molecule has 0 unspecified atom stereocenters. The second-order valence-corrected chi connectivity index (χ2v) is 6.43. The Morgan fingerprint density at radius 3 is 2.37 bits per heavy atom. The number of ether oxygens (including phenoxy) is 2. The minimum Gasteiger partial charge on any atom is -0.493 e. The summed E-state index contributed by atoms with van der Waals surface area (Å²) >= 11 is 0. The Balaban J connectivity index is 2.73. The molecule has 0 aliphatic heterocycles. The third kappa shape index (κ3) is 7.16. The van der Waals surface area contributed by atoms with Crippen LogP contribution in [0.5, 0.6) is 11.5 Å². The first-order valence-corrected chi connectivity index (χ1v) is 8.98. The molecule has 0 heterocycles. The number of nitrogens with one attached hydrogen (secondary N) is 3. The van der Waals surface area contributed by atoms with Crippen molar-refractivity contribution >= 4 is 17.7 Å². The maximum absolute atomic E-state index is 12.3. The molecule has 1 aromatic carbocycles. The van der Waals surface area contributed by atoms with E-state index in [1.54, 1.807) is 26.0 Å². The average molecular weight is 379 g/mol. The fourth-order valence-corrected chi connectivity index (χ4v) is 2.28. The van der Waals surface area contributed by atoms with E-state index in [9.17, 15) is 14.4 Å². The maximum atomic E-state index is 12.3. The van der Waals surface area contributed by atoms with Gasteiger partial charge in [0.15, 0.2) is 11.5 Å². The van der Waals surface area contributed by atoms with Crippen LogP contribution in [0, 0.1) is 5.92 Å². The van der Waals surface area contributed by atoms with Crippen LogP contribution in [0.2, 0.25) is 0 Å². The van der Waals surface area contributed by atoms with Crippen LogP contribution in [-0.4, -0.2) is 37.5 Å². The lowest BCUT2D eigenvalue weighted by Gasteiger charge is -2.21. The van der Waals surface area contributed by atoms with E-state index in [1.165, 1.54) is 20.1 Å². The number of carbonyl (C=O) groups excluding carboxylic acids is 3. The third-order valence-corrected chi connectivity index (χ3v) is 3.79. The van der Waals surface area contributed by atoms with Crippen LogP contribution in [0.15, 0.2) is 18.2 Å². The molecule has 1 atom stereocenters. The maximum Gasteiger partial charge on any atom is 0.269 e. The van der Waals surface area contributed by atoms with E-state index in [1.807, 2.05) is 0 Å². The molecular weight excluding hydrogens is 350 g/mol. The first-order chi connectivity index (χ1) is 12.8. The van der Waals surface area contributed by atoms with E-state index < -0.39 is 17.9 Å². The van der Waals surface area contributed by atoms with Crippen molar-refractivity contribution in [2.45, 2.75) is 46.6 Å². The zero-order valence-corrected chi connectivity index (χ0v) is 16.5. The van der Waals surface area contributed by atoms with Gasteiger partial charge in [-0.2, -0.15) is 0 Å². The van der Waals surface area contributed by atoms with Gasteiger partial charge in [-0.05, 0) is 30.5 Å². The summed E-state index contributed by atoms with van der Waals surface area (Å²) < 4.78 is 10.9. The fraction of sp³-hybridized carbons (Fsp3) is 0.526. The minimum atomic E-state index is -0.744. The number of methoxy groups -OCH3 is 1. The second-order valence-electron chi connectivity index (χ2n) is 6.43. The Kier molecular flexibility index (Phi) is 9.12. The summed E-state index contributed by atoms with van der Waals surface area (Å²) in [6.45, 7) is 7.55. The van der Waals surface area contributed by atoms with E-state index in [0.29, 0.717) is 23.7 Å². The highest BCUT2D eigenvalue weighted by Gasteiger charge is 2.23. The van der Waals surface area contributed by atoms with Crippen molar-refractivity contribution < 1.29 is 23.9 Å². The Morgan fingerprint density at radius 2 is 1.81 bits per heavy atom. The van der Waals surface area contributed by atoms with Gasteiger partial charge in [-0.25, -0.2) is 0 Å². The highest BCUT2D eigenvalue weighted by molar-refractivity contribution is 5.96. The first-order valence-electron chi connectivity index (χ1n) is 8.98. The zero-order valence-electron chi connectivity index (χ0n) is 16.5. The van der Waals surface area contributed by atoms with Gasteiger partial charge in [0, 0.05) is 12.5 Å². The van der Waals surface area contributed by atoms with E-state index in [4.69, 9.17) is 9.47 Å². The highest BCUT2D eigenvalue weighted by Crippen LogP contribution is 2.28. The molecule has 8 nitrogen and oxygen atoms in total. The summed E-state index contributed by atoms with van der Waals surface area (Å²) in [6, 6.07) is 4.03. The summed E-state index contributed by atoms with van der Waals surface area (Å²) in [5.41, 5.74) is 4.98. The number of hydrogen-bond donors (Lipinski definition) is 3. The van der Waals surface area contributed by atoms with Crippen LogP contribution in [0.1, 0.15) is 50.9 Å². The van der Waals surface area contributed by atoms with Crippen LogP contribution >= 0.6 is 0 Å². The van der Waals surface area contributed by atoms with Crippen LogP contribution < -0.4 is 25.6 Å². The number of unbranched alkanes of at least 4 members (excludes halogenated alkanes) is 1. The summed E-state index contributed by atoms with van der Waals surface area (Å²) in [5, 5.41) is 2.55. The molecule has 0 aromatic heterocycles. The van der Waals surface area contributed by atoms with Crippen LogP contribution in [0.4, 0.5) is 0 Å². The van der Waals surface area contributed by atoms with Gasteiger partial charge in [-0.3, -0.25) is 25.2 Å². The summed E-state index contributed by atoms with van der Waals surface area (Å²) in [7, 11) is 1.49. The van der Waals surface area contributed by atoms with Crippen LogP contribution in [0.25, 0.3) is 0 Å². The molecule has 3 N–H and O–H groups in total. The van der Waals surface area contributed by atoms with Crippen LogP contribution in [-0.2, 0) is 9.59 Å². The van der Waals surface area contributed by atoms with Gasteiger partial charge < -0.3 is 14.8 Å². The molecular formula is C19H29N3O5. The molecule has 0 fully saturated rings. The largest absolute Gasteiger partial charge is 0.493 e. The molecule has 0 bridgehead atoms. The molecule has 0 saturated heterocycles. The first kappa shape index (κ1) is 22.3. The predicted octanol–water partition coefficient (Wildman–Crippen LogP) is 1.80. The van der Waals surface area contributed by atoms with Gasteiger partial charge in [0.05, 0.1) is 13.7 Å². The van der Waals surface area contributed by atoms with Gasteiger partial charge in [0.25, 0.3) is 11.8 Å². The third-order valence-electron chi connectivity index (χ3n) is 3.79. The second kappa shape index (κ2) is 11.1. The smallest absolute Gasteiger partial charge is 0.269 e. The van der Waals surface area contributed by atoms with E-state index in [0.717, 1.165) is 12.8 Å². The summed E-state index contributed by atoms with van der Waals surface area (Å²) in [5.74, 6) is -0.475. The predicted molar refractivity (Wildman–Crippen MR) is 101 cm³/mol. The molecule has 0 saturated carbocycles. The number of carbonyl (C=O) groups is 3. The van der Waals surface area contributed by atoms with Crippen molar-refractivity contribution in [3.05, 3.63) is 23.8 Å². The lowest BCUT2D eigenvalue weighted by atomic mass is 10.0. The zero-order chi connectivity index (χ0) is 20.4. The number of rotatable bonds is 9. The van der Waals surface area contributed by atoms with Crippen LogP contribution in [0.3, 0.4) is 0 Å². The Hall–Kier alpha value is -2.77. The molecule has 0 radical (unpaired) electrons. The van der Waals surface area contributed by atoms with Crippen molar-refractivity contribution in [2.24, 2.45) is 5.92 Å². The molecule has 0 spiro atoms. The molecule has 150 valence electrons. The number of hydrogen-bond acceptors (Lipinski definition) is 5. The Bertz CT molecular complexity index is 661. The van der Waals surface area contributed by atoms with E-state index in [-0.39, 0.29) is 11.8 Å². The lowest BCUT2D eigenvalue weighted by Crippen LogP contribution is -2.54. The number of amides is 3. The van der Waals surface area contributed by atoms with Gasteiger partial charge >= 0.3 is 0 Å². The van der Waals surface area contributed by atoms with Gasteiger partial charge in [-0.15, -0.1) is 0 Å². The van der Waals surface area contributed by atoms with Crippen molar-refractivity contribution in [3.8, 4) is 11.5 Å². The summed E-state index contributed by atoms with van der Waals surface area (Å²) in [4.78, 5) is 35.7. The van der Waals surface area contributed by atoms with Crippen molar-refractivity contribution in [1.29, 1.82) is 0 Å². The van der Waals surface area contributed by atoms with E-state index in [2.05, 4.69) is 23.1 Å². The Labute approximate surface area is 160 Å². The van der Waals surface area contributed by atoms with Gasteiger partial charge in [0.2, 0.25) is 5.91 Å². The molecule has 1 rings (SSSR count). The standard InChI is InChI=1S/C19H29N3O5/c1-6-7-10-27-15-9-8-14(11-16(15)26-5)18(24)21-22-19(25)17(12(2)3)20-13(4)23/h8-9,11-12,17H,6-7,10H2,1-5H3,(H,20,23)(H,21,24)(H,22,25)/t17-/m0/s1. The van der Waals surface area contributed by atoms with Gasteiger partial charge in [0.1, 0.15) is 6.04 Å². The van der Waals surface area contributed by atoms with Crippen molar-refractivity contribution in [2.75, 3.05) is 13.7 Å². The number of benzene rings is 1. The Morgan fingerprint density at radius 1 is 1.11 bits per heavy atom. The lowest BCUT2D eigenvalue weighted by molar-refractivity contribution is -0.129. The molecule has 1 aromatic rings. The topological polar surface area (TPSA) is 106 Å². The molecule has 0 aliphatic carbocycles. The summed E-state index contributed by atoms with van der Waals surface area (Å²) in [6.07, 6.45) is 1.93. The molecule has 3 amide bonds. The minimum absolute atomic E-state index is 0.134. The van der Waals surface area contributed by atoms with E-state index >= 15 is 0 Å². The molecule has 0 aliphatic rings. The normalized spacial score (nSPS) is 11.5. The molecule has 27 heavy (non-hydrogen) atoms. The quantitative estimate of drug-likeness (QED) is 0.448. The van der Waals surface area contributed by atoms with Crippen molar-refractivity contribution in [3.63, 3.8) is 0 Å². The average Bonchev–Trinajstić information content (AvgIpc) is 2.63.